The van der Waals surface area contributed by atoms with Crippen LogP contribution in [0.15, 0.2) is 48.5 Å². The van der Waals surface area contributed by atoms with E-state index in [0.29, 0.717) is 12.5 Å². The van der Waals surface area contributed by atoms with Crippen LogP contribution in [0.5, 0.6) is 0 Å². The lowest BCUT2D eigenvalue weighted by Gasteiger charge is -2.13. The van der Waals surface area contributed by atoms with Crippen molar-refractivity contribution in [3.63, 3.8) is 0 Å². The molecule has 1 N–H and O–H groups in total. The Kier molecular flexibility index (Phi) is 5.17. The first-order valence-electron chi connectivity index (χ1n) is 6.67. The van der Waals surface area contributed by atoms with Crippen molar-refractivity contribution in [2.24, 2.45) is 0 Å². The van der Waals surface area contributed by atoms with Gasteiger partial charge < -0.3 is 5.32 Å². The molecular formula is C17H18INO. The van der Waals surface area contributed by atoms with Gasteiger partial charge in [0.1, 0.15) is 0 Å². The van der Waals surface area contributed by atoms with Crippen molar-refractivity contribution in [2.45, 2.75) is 19.8 Å². The van der Waals surface area contributed by atoms with Gasteiger partial charge in [0, 0.05) is 10.1 Å². The number of benzene rings is 2. The van der Waals surface area contributed by atoms with Crippen LogP contribution in [0.1, 0.15) is 34.3 Å². The average Bonchev–Trinajstić information content (AvgIpc) is 2.45. The summed E-state index contributed by atoms with van der Waals surface area (Å²) < 4.78 is 0.993. The molecule has 3 heteroatoms. The van der Waals surface area contributed by atoms with Crippen LogP contribution in [0, 0.1) is 10.5 Å². The van der Waals surface area contributed by atoms with Crippen LogP contribution < -0.4 is 5.32 Å². The van der Waals surface area contributed by atoms with E-state index in [1.54, 1.807) is 0 Å². The van der Waals surface area contributed by atoms with Crippen LogP contribution in [0.25, 0.3) is 0 Å². The molecule has 1 amide bonds. The van der Waals surface area contributed by atoms with E-state index in [2.05, 4.69) is 47.0 Å². The molecule has 20 heavy (non-hydrogen) atoms. The van der Waals surface area contributed by atoms with Gasteiger partial charge in [0.25, 0.3) is 5.91 Å². The Morgan fingerprint density at radius 3 is 2.55 bits per heavy atom. The molecule has 0 unspecified atom stereocenters. The van der Waals surface area contributed by atoms with Gasteiger partial charge in [-0.2, -0.15) is 0 Å². The van der Waals surface area contributed by atoms with Crippen molar-refractivity contribution in [1.29, 1.82) is 0 Å². The van der Waals surface area contributed by atoms with E-state index in [4.69, 9.17) is 0 Å². The molecule has 0 bridgehead atoms. The summed E-state index contributed by atoms with van der Waals surface area (Å²) in [7, 11) is 0. The average molecular weight is 379 g/mol. The highest BCUT2D eigenvalue weighted by molar-refractivity contribution is 14.1. The first kappa shape index (κ1) is 15.0. The Bertz CT molecular complexity index is 595. The second kappa shape index (κ2) is 6.88. The minimum Gasteiger partial charge on any atom is -0.351 e. The van der Waals surface area contributed by atoms with E-state index >= 15 is 0 Å². The highest BCUT2D eigenvalue weighted by atomic mass is 127. The summed E-state index contributed by atoms with van der Waals surface area (Å²) in [5.74, 6) is 0.306. The number of amides is 1. The van der Waals surface area contributed by atoms with E-state index < -0.39 is 0 Å². The fourth-order valence-electron chi connectivity index (χ4n) is 2.04. The van der Waals surface area contributed by atoms with Gasteiger partial charge in [0.2, 0.25) is 0 Å². The van der Waals surface area contributed by atoms with Crippen LogP contribution in [0.2, 0.25) is 0 Å². The van der Waals surface area contributed by atoms with E-state index in [1.807, 2.05) is 43.3 Å². The standard InChI is InChI=1S/C17H18INO/c1-12-8-9-15(16(18)10-12)17(20)19-11-13(2)14-6-4-3-5-7-14/h3-10,13H,11H2,1-2H3,(H,19,20)/t13-/m0/s1. The van der Waals surface area contributed by atoms with Crippen molar-refractivity contribution in [1.82, 2.24) is 5.32 Å². The number of halogens is 1. The summed E-state index contributed by atoms with van der Waals surface area (Å²) in [6, 6.07) is 16.1. The second-order valence-corrected chi connectivity index (χ2v) is 6.17. The van der Waals surface area contributed by atoms with Crippen molar-refractivity contribution < 1.29 is 4.79 Å². The SMILES string of the molecule is Cc1ccc(C(=O)NC[C@H](C)c2ccccc2)c(I)c1. The third kappa shape index (κ3) is 3.82. The molecule has 0 fully saturated rings. The van der Waals surface area contributed by atoms with E-state index in [1.165, 1.54) is 11.1 Å². The smallest absolute Gasteiger partial charge is 0.252 e. The molecule has 1 atom stereocenters. The van der Waals surface area contributed by atoms with Crippen molar-refractivity contribution in [2.75, 3.05) is 6.54 Å². The number of hydrogen-bond donors (Lipinski definition) is 1. The van der Waals surface area contributed by atoms with Crippen LogP contribution in [-0.2, 0) is 0 Å². The Hall–Kier alpha value is -1.36. The monoisotopic (exact) mass is 379 g/mol. The number of rotatable bonds is 4. The third-order valence-electron chi connectivity index (χ3n) is 3.31. The molecule has 0 aromatic heterocycles. The van der Waals surface area contributed by atoms with Gasteiger partial charge in [0.05, 0.1) is 5.56 Å². The Morgan fingerprint density at radius 2 is 1.90 bits per heavy atom. The van der Waals surface area contributed by atoms with Gasteiger partial charge in [-0.15, -0.1) is 0 Å². The molecule has 2 aromatic rings. The molecular weight excluding hydrogens is 361 g/mol. The Labute approximate surface area is 133 Å². The second-order valence-electron chi connectivity index (χ2n) is 5.01. The molecule has 104 valence electrons. The molecule has 2 rings (SSSR count). The van der Waals surface area contributed by atoms with E-state index in [-0.39, 0.29) is 5.91 Å². The fourth-order valence-corrected chi connectivity index (χ4v) is 2.96. The van der Waals surface area contributed by atoms with E-state index in [0.717, 1.165) is 9.13 Å². The molecule has 0 radical (unpaired) electrons. The number of hydrogen-bond acceptors (Lipinski definition) is 1. The van der Waals surface area contributed by atoms with Gasteiger partial charge >= 0.3 is 0 Å². The topological polar surface area (TPSA) is 29.1 Å². The summed E-state index contributed by atoms with van der Waals surface area (Å²) in [4.78, 5) is 12.2. The van der Waals surface area contributed by atoms with Crippen molar-refractivity contribution >= 4 is 28.5 Å². The summed E-state index contributed by atoms with van der Waals surface area (Å²) in [6.45, 7) is 4.80. The van der Waals surface area contributed by atoms with Crippen LogP contribution in [-0.4, -0.2) is 12.5 Å². The van der Waals surface area contributed by atoms with Gasteiger partial charge in [-0.3, -0.25) is 4.79 Å². The van der Waals surface area contributed by atoms with Gasteiger partial charge in [-0.1, -0.05) is 48.9 Å². The van der Waals surface area contributed by atoms with Gasteiger partial charge in [0.15, 0.2) is 0 Å². The zero-order valence-electron chi connectivity index (χ0n) is 11.7. The van der Waals surface area contributed by atoms with Crippen molar-refractivity contribution in [3.8, 4) is 0 Å². The Balaban J connectivity index is 1.99. The van der Waals surface area contributed by atoms with Crippen LogP contribution in [0.4, 0.5) is 0 Å². The summed E-state index contributed by atoms with van der Waals surface area (Å²) in [5.41, 5.74) is 3.16. The maximum absolute atomic E-state index is 12.2. The zero-order chi connectivity index (χ0) is 14.5. The van der Waals surface area contributed by atoms with Crippen molar-refractivity contribution in [3.05, 3.63) is 68.8 Å². The Morgan fingerprint density at radius 1 is 1.20 bits per heavy atom. The third-order valence-corrected chi connectivity index (χ3v) is 4.20. The molecule has 0 saturated carbocycles. The minimum atomic E-state index is -0.00261. The lowest BCUT2D eigenvalue weighted by molar-refractivity contribution is 0.0951. The number of carbonyl (C=O) groups excluding carboxylic acids is 1. The van der Waals surface area contributed by atoms with Gasteiger partial charge in [-0.25, -0.2) is 0 Å². The fraction of sp³-hybridized carbons (Fsp3) is 0.235. The number of aryl methyl sites for hydroxylation is 1. The lowest BCUT2D eigenvalue weighted by atomic mass is 10.0. The molecule has 0 aliphatic heterocycles. The maximum atomic E-state index is 12.2. The van der Waals surface area contributed by atoms with Gasteiger partial charge in [-0.05, 0) is 53.1 Å². The van der Waals surface area contributed by atoms with Crippen LogP contribution >= 0.6 is 22.6 Å². The lowest BCUT2D eigenvalue weighted by Crippen LogP contribution is -2.28. The maximum Gasteiger partial charge on any atom is 0.252 e. The summed E-state index contributed by atoms with van der Waals surface area (Å²) >= 11 is 2.21. The zero-order valence-corrected chi connectivity index (χ0v) is 13.8. The molecule has 0 aliphatic carbocycles. The molecule has 0 saturated heterocycles. The largest absolute Gasteiger partial charge is 0.351 e. The highest BCUT2D eigenvalue weighted by Gasteiger charge is 2.11. The first-order chi connectivity index (χ1) is 9.58. The van der Waals surface area contributed by atoms with E-state index in [9.17, 15) is 4.79 Å². The first-order valence-corrected chi connectivity index (χ1v) is 7.75. The van der Waals surface area contributed by atoms with Crippen LogP contribution in [0.3, 0.4) is 0 Å². The predicted molar refractivity (Wildman–Crippen MR) is 91.1 cm³/mol. The summed E-state index contributed by atoms with van der Waals surface area (Å²) in [6.07, 6.45) is 0. The molecule has 2 nitrogen and oxygen atoms in total. The number of nitrogens with one attached hydrogen (secondary N) is 1. The molecule has 0 heterocycles. The minimum absolute atomic E-state index is 0.00261. The number of carbonyl (C=O) groups is 1. The summed E-state index contributed by atoms with van der Waals surface area (Å²) in [5, 5.41) is 3.01. The molecule has 2 aromatic carbocycles. The normalized spacial score (nSPS) is 11.9. The quantitative estimate of drug-likeness (QED) is 0.796. The molecule has 0 spiro atoms. The molecule has 0 aliphatic rings. The highest BCUT2D eigenvalue weighted by Crippen LogP contribution is 2.16. The predicted octanol–water partition coefficient (Wildman–Crippen LogP) is 4.13.